The van der Waals surface area contributed by atoms with Crippen LogP contribution < -0.4 is 10.6 Å². The van der Waals surface area contributed by atoms with Crippen LogP contribution in [0.2, 0.25) is 0 Å². The van der Waals surface area contributed by atoms with E-state index >= 15 is 0 Å². The van der Waals surface area contributed by atoms with E-state index in [1.807, 2.05) is 5.32 Å². The first kappa shape index (κ1) is 29.1. The molecule has 0 radical (unpaired) electrons. The highest BCUT2D eigenvalue weighted by Gasteiger charge is 2.81. The predicted octanol–water partition coefficient (Wildman–Crippen LogP) is 4.05. The summed E-state index contributed by atoms with van der Waals surface area (Å²) >= 11 is -0.0605. The molecule has 0 aromatic carbocycles. The van der Waals surface area contributed by atoms with Crippen LogP contribution in [0.3, 0.4) is 0 Å². The molecule has 0 aromatic heterocycles. The number of unbranched alkanes of at least 4 members (excludes halogenated alkanes) is 1. The first-order valence-electron chi connectivity index (χ1n) is 8.55. The number of alkyl halides is 9. The lowest BCUT2D eigenvalue weighted by molar-refractivity contribution is -0.396. The van der Waals surface area contributed by atoms with Crippen molar-refractivity contribution in [1.29, 1.82) is 0 Å². The topological polar surface area (TPSA) is 95.5 Å². The number of carbonyl (C=O) groups is 3. The number of nitrogens with one attached hydrogen (secondary N) is 2. The van der Waals surface area contributed by atoms with Gasteiger partial charge in [-0.2, -0.15) is 39.5 Å². The van der Waals surface area contributed by atoms with Gasteiger partial charge in [-0.15, -0.1) is 0 Å². The summed E-state index contributed by atoms with van der Waals surface area (Å²) < 4.78 is 114. The lowest BCUT2D eigenvalue weighted by Gasteiger charge is -2.33. The quantitative estimate of drug-likeness (QED) is 0.265. The van der Waals surface area contributed by atoms with E-state index in [-0.39, 0.29) is 37.7 Å². The minimum absolute atomic E-state index is 0.0605. The number of halogens is 9. The maximum Gasteiger partial charge on any atom is 0.460 e. The molecule has 0 spiro atoms. The second kappa shape index (κ2) is 11.7. The highest BCUT2D eigenvalue weighted by atomic mass is 32.2. The van der Waals surface area contributed by atoms with Crippen LogP contribution in [-0.4, -0.2) is 65.0 Å². The van der Waals surface area contributed by atoms with Gasteiger partial charge in [0.25, 0.3) is 5.24 Å². The maximum absolute atomic E-state index is 13.3. The fourth-order valence-corrected chi connectivity index (χ4v) is 2.63. The number of aliphatic carboxylic acids is 1. The van der Waals surface area contributed by atoms with Crippen molar-refractivity contribution in [2.45, 2.75) is 56.0 Å². The van der Waals surface area contributed by atoms with Crippen LogP contribution >= 0.6 is 11.8 Å². The molecule has 0 saturated heterocycles. The van der Waals surface area contributed by atoms with Gasteiger partial charge in [-0.1, -0.05) is 11.8 Å². The number of carboxylic acids is 1. The number of carbonyl (C=O) groups excluding carboxylic acids is 2. The largest absolute Gasteiger partial charge is 0.481 e. The van der Waals surface area contributed by atoms with E-state index in [1.165, 1.54) is 0 Å². The molecule has 0 unspecified atom stereocenters. The Hall–Kier alpha value is -1.87. The van der Waals surface area contributed by atoms with Crippen molar-refractivity contribution in [2.24, 2.45) is 0 Å². The third-order valence-corrected chi connectivity index (χ3v) is 4.43. The van der Waals surface area contributed by atoms with Crippen molar-refractivity contribution < 1.29 is 59.0 Å². The molecule has 0 rings (SSSR count). The minimum atomic E-state index is -6.97. The van der Waals surface area contributed by atoms with Gasteiger partial charge in [-0.05, 0) is 12.8 Å². The molecule has 0 heterocycles. The molecule has 31 heavy (non-hydrogen) atoms. The summed E-state index contributed by atoms with van der Waals surface area (Å²) in [4.78, 5) is 33.1. The Morgan fingerprint density at radius 2 is 1.35 bits per heavy atom. The van der Waals surface area contributed by atoms with Gasteiger partial charge in [0, 0.05) is 38.1 Å². The highest BCUT2D eigenvalue weighted by molar-refractivity contribution is 8.13. The summed E-state index contributed by atoms with van der Waals surface area (Å²) in [5.41, 5.74) is 0. The molecule has 0 aliphatic carbocycles. The van der Waals surface area contributed by atoms with Crippen molar-refractivity contribution in [3.05, 3.63) is 0 Å². The van der Waals surface area contributed by atoms with Crippen LogP contribution in [0.15, 0.2) is 0 Å². The van der Waals surface area contributed by atoms with Crippen LogP contribution in [0.5, 0.6) is 0 Å². The fraction of sp³-hybridized carbons (Fsp3) is 0.800. The molecule has 0 saturated carbocycles. The van der Waals surface area contributed by atoms with Gasteiger partial charge < -0.3 is 15.7 Å². The van der Waals surface area contributed by atoms with Gasteiger partial charge in [0.1, 0.15) is 0 Å². The second-order valence-corrected chi connectivity index (χ2v) is 7.18. The number of carboxylic acid groups (broad SMARTS) is 1. The Morgan fingerprint density at radius 3 is 1.87 bits per heavy atom. The van der Waals surface area contributed by atoms with E-state index in [9.17, 15) is 53.9 Å². The van der Waals surface area contributed by atoms with E-state index in [0.29, 0.717) is 12.8 Å². The van der Waals surface area contributed by atoms with Crippen LogP contribution in [0.25, 0.3) is 0 Å². The Morgan fingerprint density at radius 1 is 0.774 bits per heavy atom. The van der Waals surface area contributed by atoms with Crippen molar-refractivity contribution in [1.82, 2.24) is 10.6 Å². The minimum Gasteiger partial charge on any atom is -0.481 e. The van der Waals surface area contributed by atoms with Gasteiger partial charge >= 0.3 is 29.9 Å². The molecule has 182 valence electrons. The van der Waals surface area contributed by atoms with Crippen molar-refractivity contribution in [3.8, 4) is 0 Å². The zero-order valence-electron chi connectivity index (χ0n) is 15.6. The van der Waals surface area contributed by atoms with Crippen LogP contribution in [0, 0.1) is 0 Å². The molecule has 0 aliphatic heterocycles. The number of hydrogen-bond acceptors (Lipinski definition) is 4. The normalized spacial score (nSPS) is 13.1. The third-order valence-electron chi connectivity index (χ3n) is 3.62. The molecule has 0 aliphatic rings. The maximum atomic E-state index is 13.3. The van der Waals surface area contributed by atoms with E-state index in [4.69, 9.17) is 5.11 Å². The average molecular weight is 494 g/mol. The van der Waals surface area contributed by atoms with Crippen LogP contribution in [0.1, 0.15) is 32.1 Å². The molecule has 0 bridgehead atoms. The van der Waals surface area contributed by atoms with E-state index in [2.05, 4.69) is 5.32 Å². The summed E-state index contributed by atoms with van der Waals surface area (Å²) in [6.45, 7) is -0.133. The smallest absolute Gasteiger partial charge is 0.460 e. The first-order chi connectivity index (χ1) is 14.0. The Kier molecular flexibility index (Phi) is 11.0. The zero-order valence-corrected chi connectivity index (χ0v) is 16.5. The number of hydrogen-bond donors (Lipinski definition) is 3. The molecule has 16 heteroatoms. The Balaban J connectivity index is 4.28. The van der Waals surface area contributed by atoms with Gasteiger partial charge in [0.2, 0.25) is 5.91 Å². The summed E-state index contributed by atoms with van der Waals surface area (Å²) in [5, 5.41) is 11.8. The molecule has 3 N–H and O–H groups in total. The van der Waals surface area contributed by atoms with Crippen LogP contribution in [-0.2, 0) is 9.59 Å². The van der Waals surface area contributed by atoms with Gasteiger partial charge in [-0.3, -0.25) is 14.4 Å². The summed E-state index contributed by atoms with van der Waals surface area (Å²) in [6, 6.07) is 0. The molecule has 2 amide bonds. The monoisotopic (exact) mass is 494 g/mol. The lowest BCUT2D eigenvalue weighted by Crippen LogP contribution is -2.60. The number of thioether (sulfide) groups is 1. The summed E-state index contributed by atoms with van der Waals surface area (Å²) in [5.74, 6) is -22.2. The number of amides is 2. The number of rotatable bonds is 13. The standard InChI is InChI=1S/C15H19F9N2O4S/c16-12(17,13(18,19)14(20,21)15(22,23)24)5-8-31-11(30)26-7-4-9(27)25-6-2-1-3-10(28)29/h1-8H2,(H,25,27)(H,26,30)(H,28,29). The molecular formula is C15H19F9N2O4S. The van der Waals surface area contributed by atoms with Crippen LogP contribution in [0.4, 0.5) is 44.3 Å². The summed E-state index contributed by atoms with van der Waals surface area (Å²) in [7, 11) is 0. The average Bonchev–Trinajstić information content (AvgIpc) is 2.59. The molecule has 0 atom stereocenters. The molecule has 0 aromatic rings. The van der Waals surface area contributed by atoms with Crippen molar-refractivity contribution >= 4 is 28.9 Å². The first-order valence-corrected chi connectivity index (χ1v) is 9.53. The second-order valence-electron chi connectivity index (χ2n) is 6.11. The van der Waals surface area contributed by atoms with Crippen molar-refractivity contribution in [3.63, 3.8) is 0 Å². The van der Waals surface area contributed by atoms with Gasteiger partial charge in [0.15, 0.2) is 0 Å². The van der Waals surface area contributed by atoms with Gasteiger partial charge in [-0.25, -0.2) is 0 Å². The van der Waals surface area contributed by atoms with E-state index in [0.717, 1.165) is 0 Å². The third kappa shape index (κ3) is 9.03. The zero-order chi connectivity index (χ0) is 24.5. The fourth-order valence-electron chi connectivity index (χ4n) is 1.88. The Bertz CT molecular complexity index is 630. The van der Waals surface area contributed by atoms with E-state index < -0.39 is 53.2 Å². The highest BCUT2D eigenvalue weighted by Crippen LogP contribution is 2.54. The predicted molar refractivity (Wildman–Crippen MR) is 90.5 cm³/mol. The van der Waals surface area contributed by atoms with Crippen molar-refractivity contribution in [2.75, 3.05) is 18.8 Å². The molecule has 6 nitrogen and oxygen atoms in total. The Labute approximate surface area is 174 Å². The molecule has 0 fully saturated rings. The molecular weight excluding hydrogens is 475 g/mol. The van der Waals surface area contributed by atoms with E-state index in [1.54, 1.807) is 0 Å². The SMILES string of the molecule is O=C(O)CCCCNC(=O)CCNC(=O)SCCC(F)(F)C(F)(F)C(F)(F)C(F)(F)F. The summed E-state index contributed by atoms with van der Waals surface area (Å²) in [6.07, 6.45) is -8.69. The van der Waals surface area contributed by atoms with Gasteiger partial charge in [0.05, 0.1) is 0 Å². The lowest BCUT2D eigenvalue weighted by atomic mass is 10.0.